The molecule has 2 aromatic rings. The van der Waals surface area contributed by atoms with Crippen molar-refractivity contribution in [1.82, 2.24) is 5.43 Å². The third kappa shape index (κ3) is 7.10. The SMILES string of the molecule is C=NN/C(C#N)=C(\C)c1cc(/C=C/c2ccc(C(C)(C)F)cc2)cc(CC(F)(F)F)c1. The summed E-state index contributed by atoms with van der Waals surface area (Å²) in [7, 11) is 0. The number of alkyl halides is 4. The van der Waals surface area contributed by atoms with Gasteiger partial charge in [-0.2, -0.15) is 23.5 Å². The van der Waals surface area contributed by atoms with Crippen LogP contribution in [0.3, 0.4) is 0 Å². The van der Waals surface area contributed by atoms with Gasteiger partial charge in [0.05, 0.1) is 6.42 Å². The van der Waals surface area contributed by atoms with Gasteiger partial charge in [-0.05, 0) is 60.2 Å². The summed E-state index contributed by atoms with van der Waals surface area (Å²) in [6.07, 6.45) is -2.05. The van der Waals surface area contributed by atoms with E-state index in [2.05, 4.69) is 17.2 Å². The summed E-state index contributed by atoms with van der Waals surface area (Å²) in [4.78, 5) is 0. The minimum atomic E-state index is -4.37. The van der Waals surface area contributed by atoms with Crippen molar-refractivity contribution < 1.29 is 17.6 Å². The molecule has 1 N–H and O–H groups in total. The molecule has 0 amide bonds. The Bertz CT molecular complexity index is 1030. The molecule has 162 valence electrons. The van der Waals surface area contributed by atoms with Crippen molar-refractivity contribution in [3.8, 4) is 6.07 Å². The second kappa shape index (κ2) is 9.61. The van der Waals surface area contributed by atoms with Gasteiger partial charge in [0.1, 0.15) is 17.4 Å². The second-order valence-electron chi connectivity index (χ2n) is 7.56. The Kier molecular flexibility index (Phi) is 7.40. The maximum absolute atomic E-state index is 14.0. The highest BCUT2D eigenvalue weighted by atomic mass is 19.4. The van der Waals surface area contributed by atoms with Crippen LogP contribution >= 0.6 is 0 Å². The second-order valence-corrected chi connectivity index (χ2v) is 7.56. The first kappa shape index (κ1) is 23.9. The van der Waals surface area contributed by atoms with E-state index in [4.69, 9.17) is 0 Å². The van der Waals surface area contributed by atoms with Crippen LogP contribution in [0, 0.1) is 11.3 Å². The Morgan fingerprint density at radius 2 is 1.68 bits per heavy atom. The van der Waals surface area contributed by atoms with E-state index in [1.54, 1.807) is 49.4 Å². The number of hydrazone groups is 1. The predicted octanol–water partition coefficient (Wildman–Crippen LogP) is 6.63. The number of nitriles is 1. The van der Waals surface area contributed by atoms with Gasteiger partial charge in [-0.25, -0.2) is 4.39 Å². The zero-order chi connectivity index (χ0) is 23.2. The van der Waals surface area contributed by atoms with E-state index in [1.807, 2.05) is 6.07 Å². The van der Waals surface area contributed by atoms with E-state index < -0.39 is 18.3 Å². The van der Waals surface area contributed by atoms with E-state index in [1.165, 1.54) is 26.0 Å². The molecule has 0 atom stereocenters. The van der Waals surface area contributed by atoms with Crippen molar-refractivity contribution in [3.05, 3.63) is 76.0 Å². The molecule has 7 heteroatoms. The van der Waals surface area contributed by atoms with Crippen LogP contribution in [0.5, 0.6) is 0 Å². The van der Waals surface area contributed by atoms with E-state index in [9.17, 15) is 22.8 Å². The topological polar surface area (TPSA) is 48.2 Å². The molecule has 0 fully saturated rings. The number of nitrogens with zero attached hydrogens (tertiary/aromatic N) is 2. The Morgan fingerprint density at radius 1 is 1.06 bits per heavy atom. The quantitative estimate of drug-likeness (QED) is 0.177. The molecule has 0 aliphatic rings. The van der Waals surface area contributed by atoms with Crippen LogP contribution in [0.15, 0.2) is 53.3 Å². The van der Waals surface area contributed by atoms with Crippen molar-refractivity contribution in [2.24, 2.45) is 5.10 Å². The third-order valence-corrected chi connectivity index (χ3v) is 4.60. The van der Waals surface area contributed by atoms with E-state index in [-0.39, 0.29) is 11.3 Å². The van der Waals surface area contributed by atoms with Crippen LogP contribution in [-0.4, -0.2) is 12.9 Å². The normalized spacial score (nSPS) is 13.0. The van der Waals surface area contributed by atoms with Gasteiger partial charge in [0.25, 0.3) is 0 Å². The number of halogens is 4. The highest BCUT2D eigenvalue weighted by Gasteiger charge is 2.28. The monoisotopic (exact) mass is 429 g/mol. The molecule has 0 saturated heterocycles. The van der Waals surface area contributed by atoms with Crippen molar-refractivity contribution in [2.45, 2.75) is 39.0 Å². The first-order chi connectivity index (χ1) is 14.4. The summed E-state index contributed by atoms with van der Waals surface area (Å²) in [5.41, 5.74) is 3.92. The van der Waals surface area contributed by atoms with E-state index >= 15 is 0 Å². The summed E-state index contributed by atoms with van der Waals surface area (Å²) in [5.74, 6) is 0. The molecule has 0 aromatic heterocycles. The van der Waals surface area contributed by atoms with Crippen LogP contribution in [0.1, 0.15) is 48.6 Å². The number of rotatable bonds is 7. The van der Waals surface area contributed by atoms with Gasteiger partial charge in [0.2, 0.25) is 0 Å². The minimum Gasteiger partial charge on any atom is -0.268 e. The number of hydrogen-bond acceptors (Lipinski definition) is 3. The number of allylic oxidation sites excluding steroid dienone is 2. The molecular formula is C24H23F4N3. The van der Waals surface area contributed by atoms with Crippen LogP contribution in [0.25, 0.3) is 17.7 Å². The highest BCUT2D eigenvalue weighted by molar-refractivity contribution is 5.75. The Balaban J connectivity index is 2.46. The molecule has 0 unspecified atom stereocenters. The van der Waals surface area contributed by atoms with E-state index in [0.717, 1.165) is 5.56 Å². The Labute approximate surface area is 179 Å². The minimum absolute atomic E-state index is 0.0716. The largest absolute Gasteiger partial charge is 0.393 e. The summed E-state index contributed by atoms with van der Waals surface area (Å²) in [5, 5.41) is 12.7. The van der Waals surface area contributed by atoms with Gasteiger partial charge >= 0.3 is 6.18 Å². The van der Waals surface area contributed by atoms with Crippen molar-refractivity contribution in [3.63, 3.8) is 0 Å². The molecule has 31 heavy (non-hydrogen) atoms. The highest BCUT2D eigenvalue weighted by Crippen LogP contribution is 2.28. The van der Waals surface area contributed by atoms with Gasteiger partial charge < -0.3 is 0 Å². The maximum Gasteiger partial charge on any atom is 0.393 e. The van der Waals surface area contributed by atoms with Crippen molar-refractivity contribution in [2.75, 3.05) is 0 Å². The molecule has 0 aliphatic heterocycles. The fourth-order valence-electron chi connectivity index (χ4n) is 2.96. The zero-order valence-corrected chi connectivity index (χ0v) is 17.5. The van der Waals surface area contributed by atoms with Crippen LogP contribution < -0.4 is 5.43 Å². The van der Waals surface area contributed by atoms with Gasteiger partial charge in [0.15, 0.2) is 0 Å². The molecule has 0 spiro atoms. The standard InChI is InChI=1S/C24H23F4N3/c1-16(22(15-29)31-30-4)20-12-18(11-19(13-20)14-24(26,27)28)6-5-17-7-9-21(10-8-17)23(2,3)25/h5-13,31H,4,14H2,1-3H3/b6-5+,22-16+. The zero-order valence-electron chi connectivity index (χ0n) is 17.5. The fourth-order valence-corrected chi connectivity index (χ4v) is 2.96. The fraction of sp³-hybridized carbons (Fsp3) is 0.250. The number of benzene rings is 2. The van der Waals surface area contributed by atoms with Crippen LogP contribution in [-0.2, 0) is 12.1 Å². The van der Waals surface area contributed by atoms with E-state index in [0.29, 0.717) is 22.3 Å². The molecule has 2 rings (SSSR count). The predicted molar refractivity (Wildman–Crippen MR) is 117 cm³/mol. The smallest absolute Gasteiger partial charge is 0.268 e. The van der Waals surface area contributed by atoms with Crippen molar-refractivity contribution >= 4 is 24.4 Å². The Hall–Kier alpha value is -3.40. The van der Waals surface area contributed by atoms with Gasteiger partial charge in [-0.3, -0.25) is 5.43 Å². The third-order valence-electron chi connectivity index (χ3n) is 4.60. The van der Waals surface area contributed by atoms with Crippen LogP contribution in [0.4, 0.5) is 17.6 Å². The summed E-state index contributed by atoms with van der Waals surface area (Å²) in [6.45, 7) is 7.81. The number of nitrogens with one attached hydrogen (secondary N) is 1. The molecule has 0 saturated carbocycles. The maximum atomic E-state index is 14.0. The lowest BCUT2D eigenvalue weighted by atomic mass is 9.96. The Morgan fingerprint density at radius 3 is 2.19 bits per heavy atom. The summed E-state index contributed by atoms with van der Waals surface area (Å²) < 4.78 is 53.0. The van der Waals surface area contributed by atoms with Gasteiger partial charge in [-0.15, -0.1) is 0 Å². The molecular weight excluding hydrogens is 406 g/mol. The van der Waals surface area contributed by atoms with Crippen molar-refractivity contribution in [1.29, 1.82) is 5.26 Å². The molecule has 0 radical (unpaired) electrons. The molecule has 0 heterocycles. The first-order valence-electron chi connectivity index (χ1n) is 9.44. The van der Waals surface area contributed by atoms with Crippen LogP contribution in [0.2, 0.25) is 0 Å². The molecule has 3 nitrogen and oxygen atoms in total. The average molecular weight is 429 g/mol. The molecule has 0 aliphatic carbocycles. The first-order valence-corrected chi connectivity index (χ1v) is 9.44. The summed E-state index contributed by atoms with van der Waals surface area (Å²) in [6, 6.07) is 13.3. The average Bonchev–Trinajstić information content (AvgIpc) is 2.68. The lowest BCUT2D eigenvalue weighted by Crippen LogP contribution is -2.12. The lowest BCUT2D eigenvalue weighted by Gasteiger charge is -2.14. The lowest BCUT2D eigenvalue weighted by molar-refractivity contribution is -0.127. The molecule has 0 bridgehead atoms. The van der Waals surface area contributed by atoms with Gasteiger partial charge in [0, 0.05) is 6.72 Å². The van der Waals surface area contributed by atoms with Gasteiger partial charge in [-0.1, -0.05) is 48.6 Å². The number of hydrogen-bond donors (Lipinski definition) is 1. The molecule has 2 aromatic carbocycles. The summed E-state index contributed by atoms with van der Waals surface area (Å²) >= 11 is 0.